The number of piperazine rings is 1. The second kappa shape index (κ2) is 14.1. The Labute approximate surface area is 190 Å². The van der Waals surface area contributed by atoms with E-state index in [1.807, 2.05) is 40.0 Å². The van der Waals surface area contributed by atoms with Crippen LogP contribution in [-0.4, -0.2) is 60.1 Å². The van der Waals surface area contributed by atoms with Crippen LogP contribution in [0.25, 0.3) is 0 Å². The van der Waals surface area contributed by atoms with E-state index in [0.717, 1.165) is 5.69 Å². The average Bonchev–Trinajstić information content (AvgIpc) is 2.80. The van der Waals surface area contributed by atoms with Crippen LogP contribution in [0.4, 0.5) is 14.9 Å². The normalized spacial score (nSPS) is 13.2. The minimum absolute atomic E-state index is 0.193. The van der Waals surface area contributed by atoms with Crippen LogP contribution in [0.2, 0.25) is 0 Å². The van der Waals surface area contributed by atoms with Gasteiger partial charge in [0.2, 0.25) is 5.91 Å². The van der Waals surface area contributed by atoms with E-state index in [1.165, 1.54) is 25.7 Å². The lowest BCUT2D eigenvalue weighted by molar-refractivity contribution is -0.114. The number of ether oxygens (including phenoxy) is 1. The van der Waals surface area contributed by atoms with Crippen molar-refractivity contribution in [3.05, 3.63) is 59.2 Å². The SMILES string of the molecule is CC.COC(=O)N1CCN(Cc2cccc(NC(C)=O)c2F)CC1.Cc1ccc(C)nc1. The van der Waals surface area contributed by atoms with Gasteiger partial charge >= 0.3 is 6.09 Å². The molecule has 1 fully saturated rings. The molecule has 2 amide bonds. The Bertz CT molecular complexity index is 830. The summed E-state index contributed by atoms with van der Waals surface area (Å²) in [5.41, 5.74) is 3.02. The van der Waals surface area contributed by atoms with Crippen LogP contribution < -0.4 is 5.32 Å². The molecule has 1 aliphatic rings. The third kappa shape index (κ3) is 9.01. The van der Waals surface area contributed by atoms with E-state index in [4.69, 9.17) is 0 Å². The third-order valence-electron chi connectivity index (χ3n) is 4.65. The molecule has 0 spiro atoms. The summed E-state index contributed by atoms with van der Waals surface area (Å²) in [4.78, 5) is 30.2. The quantitative estimate of drug-likeness (QED) is 0.757. The zero-order valence-corrected chi connectivity index (χ0v) is 19.9. The van der Waals surface area contributed by atoms with Gasteiger partial charge in [0.25, 0.3) is 0 Å². The van der Waals surface area contributed by atoms with Gasteiger partial charge < -0.3 is 15.0 Å². The summed E-state index contributed by atoms with van der Waals surface area (Å²) in [6.45, 7) is 12.2. The summed E-state index contributed by atoms with van der Waals surface area (Å²) in [6.07, 6.45) is 1.54. The van der Waals surface area contributed by atoms with E-state index >= 15 is 0 Å². The fourth-order valence-corrected chi connectivity index (χ4v) is 2.99. The first-order chi connectivity index (χ1) is 15.3. The topological polar surface area (TPSA) is 74.8 Å². The number of aromatic nitrogens is 1. The Balaban J connectivity index is 0.000000427. The van der Waals surface area contributed by atoms with Gasteiger partial charge in [-0.1, -0.05) is 32.0 Å². The van der Waals surface area contributed by atoms with Gasteiger partial charge in [-0.25, -0.2) is 9.18 Å². The van der Waals surface area contributed by atoms with Crippen molar-refractivity contribution in [1.82, 2.24) is 14.8 Å². The molecule has 32 heavy (non-hydrogen) atoms. The molecule has 1 aliphatic heterocycles. The third-order valence-corrected chi connectivity index (χ3v) is 4.65. The lowest BCUT2D eigenvalue weighted by atomic mass is 10.1. The smallest absolute Gasteiger partial charge is 0.409 e. The molecular weight excluding hydrogens is 411 g/mol. The minimum atomic E-state index is -0.409. The molecular formula is C24H35FN4O3. The molecule has 8 heteroatoms. The fraction of sp³-hybridized carbons (Fsp3) is 0.458. The molecule has 0 radical (unpaired) electrons. The van der Waals surface area contributed by atoms with Crippen molar-refractivity contribution >= 4 is 17.7 Å². The van der Waals surface area contributed by atoms with Crippen LogP contribution in [0, 0.1) is 19.7 Å². The van der Waals surface area contributed by atoms with Crippen LogP contribution in [0.5, 0.6) is 0 Å². The maximum Gasteiger partial charge on any atom is 0.409 e. The zero-order valence-electron chi connectivity index (χ0n) is 19.9. The highest BCUT2D eigenvalue weighted by Crippen LogP contribution is 2.20. The number of methoxy groups -OCH3 is 1. The molecule has 1 aromatic carbocycles. The standard InChI is InChI=1S/C15H20FN3O3.C7H9N.C2H6/c1-11(20)17-13-5-3-4-12(14(13)16)10-18-6-8-19(9-7-18)15(21)22-2;1-6-3-4-7(2)8-5-6;1-2/h3-5H,6-10H2,1-2H3,(H,17,20);3-5H,1-2H3;1-2H3. The molecule has 3 rings (SSSR count). The Hall–Kier alpha value is -3.00. The molecule has 2 aromatic rings. The van der Waals surface area contributed by atoms with Gasteiger partial charge in [-0.2, -0.15) is 0 Å². The monoisotopic (exact) mass is 446 g/mol. The number of carbonyl (C=O) groups excluding carboxylic acids is 2. The molecule has 0 bridgehead atoms. The van der Waals surface area contributed by atoms with E-state index in [1.54, 1.807) is 17.0 Å². The summed E-state index contributed by atoms with van der Waals surface area (Å²) in [6, 6.07) is 9.02. The van der Waals surface area contributed by atoms with E-state index < -0.39 is 5.82 Å². The van der Waals surface area contributed by atoms with Crippen molar-refractivity contribution in [2.45, 2.75) is 41.2 Å². The first-order valence-electron chi connectivity index (χ1n) is 10.8. The predicted molar refractivity (Wildman–Crippen MR) is 125 cm³/mol. The molecule has 1 saturated heterocycles. The van der Waals surface area contributed by atoms with Gasteiger partial charge in [0.05, 0.1) is 12.8 Å². The average molecular weight is 447 g/mol. The Morgan fingerprint density at radius 3 is 2.25 bits per heavy atom. The van der Waals surface area contributed by atoms with Crippen molar-refractivity contribution in [3.8, 4) is 0 Å². The van der Waals surface area contributed by atoms with Crippen LogP contribution in [0.1, 0.15) is 37.6 Å². The first-order valence-corrected chi connectivity index (χ1v) is 10.8. The number of carbonyl (C=O) groups is 2. The molecule has 1 N–H and O–H groups in total. The van der Waals surface area contributed by atoms with Gasteiger partial charge in [0, 0.05) is 57.1 Å². The summed E-state index contributed by atoms with van der Waals surface area (Å²) in [5.74, 6) is -0.712. The number of amides is 2. The summed E-state index contributed by atoms with van der Waals surface area (Å²) < 4.78 is 19.0. The highest BCUT2D eigenvalue weighted by atomic mass is 19.1. The van der Waals surface area contributed by atoms with Crippen LogP contribution >= 0.6 is 0 Å². The number of benzene rings is 1. The van der Waals surface area contributed by atoms with Gasteiger partial charge in [0.1, 0.15) is 0 Å². The van der Waals surface area contributed by atoms with E-state index in [-0.39, 0.29) is 17.7 Å². The number of nitrogens with zero attached hydrogens (tertiary/aromatic N) is 3. The molecule has 0 atom stereocenters. The minimum Gasteiger partial charge on any atom is -0.453 e. The van der Waals surface area contributed by atoms with Crippen molar-refractivity contribution in [2.75, 3.05) is 38.6 Å². The number of hydrogen-bond donors (Lipinski definition) is 1. The summed E-state index contributed by atoms with van der Waals surface area (Å²) in [7, 11) is 1.36. The van der Waals surface area contributed by atoms with Crippen molar-refractivity contribution in [3.63, 3.8) is 0 Å². The van der Waals surface area contributed by atoms with Gasteiger partial charge in [-0.05, 0) is 31.5 Å². The number of rotatable bonds is 3. The van der Waals surface area contributed by atoms with Gasteiger partial charge in [0.15, 0.2) is 5.82 Å². The largest absolute Gasteiger partial charge is 0.453 e. The Morgan fingerprint density at radius 2 is 1.75 bits per heavy atom. The van der Waals surface area contributed by atoms with Crippen LogP contribution in [0.3, 0.4) is 0 Å². The first kappa shape index (κ1) is 27.0. The summed E-state index contributed by atoms with van der Waals surface area (Å²) in [5, 5.41) is 2.48. The Morgan fingerprint density at radius 1 is 1.09 bits per heavy atom. The van der Waals surface area contributed by atoms with Crippen molar-refractivity contribution in [2.24, 2.45) is 0 Å². The lowest BCUT2D eigenvalue weighted by Crippen LogP contribution is -2.48. The maximum absolute atomic E-state index is 14.3. The highest BCUT2D eigenvalue weighted by Gasteiger charge is 2.22. The maximum atomic E-state index is 14.3. The number of nitrogens with one attached hydrogen (secondary N) is 1. The fourth-order valence-electron chi connectivity index (χ4n) is 2.99. The Kier molecular flexibility index (Phi) is 11.9. The number of pyridine rings is 1. The summed E-state index contributed by atoms with van der Waals surface area (Å²) >= 11 is 0. The molecule has 0 unspecified atom stereocenters. The van der Waals surface area contributed by atoms with Crippen LogP contribution in [0.15, 0.2) is 36.5 Å². The second-order valence-electron chi connectivity index (χ2n) is 7.17. The molecule has 1 aromatic heterocycles. The van der Waals surface area contributed by atoms with E-state index in [0.29, 0.717) is 38.3 Å². The molecule has 176 valence electrons. The predicted octanol–water partition coefficient (Wildman–Crippen LogP) is 4.39. The van der Waals surface area contributed by atoms with E-state index in [2.05, 4.69) is 26.0 Å². The van der Waals surface area contributed by atoms with Gasteiger partial charge in [-0.15, -0.1) is 0 Å². The lowest BCUT2D eigenvalue weighted by Gasteiger charge is -2.33. The van der Waals surface area contributed by atoms with Gasteiger partial charge in [-0.3, -0.25) is 14.7 Å². The second-order valence-corrected chi connectivity index (χ2v) is 7.17. The molecule has 7 nitrogen and oxygen atoms in total. The van der Waals surface area contributed by atoms with Crippen molar-refractivity contribution < 1.29 is 18.7 Å². The molecule has 0 saturated carbocycles. The van der Waals surface area contributed by atoms with E-state index in [9.17, 15) is 14.0 Å². The van der Waals surface area contributed by atoms with Crippen molar-refractivity contribution in [1.29, 1.82) is 0 Å². The van der Waals surface area contributed by atoms with Crippen LogP contribution in [-0.2, 0) is 16.1 Å². The number of halogens is 1. The zero-order chi connectivity index (χ0) is 24.1. The molecule has 0 aliphatic carbocycles. The number of anilines is 1. The number of aryl methyl sites for hydroxylation is 2. The molecule has 2 heterocycles. The highest BCUT2D eigenvalue weighted by molar-refractivity contribution is 5.88. The number of hydrogen-bond acceptors (Lipinski definition) is 5.